The molecule has 0 saturated heterocycles. The Morgan fingerprint density at radius 1 is 0.632 bits per heavy atom. The average Bonchev–Trinajstić information content (AvgIpc) is 2.39. The minimum atomic E-state index is 0.759. The van der Waals surface area contributed by atoms with Crippen LogP contribution in [0.5, 0.6) is 0 Å². The molecule has 0 aliphatic rings. The van der Waals surface area contributed by atoms with E-state index in [1.807, 2.05) is 46.5 Å². The second-order valence-electron chi connectivity index (χ2n) is 3.77. The molecule has 0 N–H and O–H groups in total. The third-order valence-corrected chi connectivity index (χ3v) is 2.15. The molecule has 3 heteroatoms. The molecule has 0 rings (SSSR count). The maximum Gasteiger partial charge on any atom is 0.106 e. The molecule has 0 atom stereocenters. The molecule has 104 valence electrons. The van der Waals surface area contributed by atoms with Crippen LogP contribution in [0.25, 0.3) is 0 Å². The fourth-order valence-corrected chi connectivity index (χ4v) is 1.34. The normalized spacial score (nSPS) is 10.3. The van der Waals surface area contributed by atoms with Crippen LogP contribution in [0.1, 0.15) is 0 Å². The van der Waals surface area contributed by atoms with E-state index in [4.69, 9.17) is 4.74 Å². The molecule has 0 fully saturated rings. The smallest absolute Gasteiger partial charge is 0.106 e. The van der Waals surface area contributed by atoms with E-state index in [2.05, 4.69) is 26.3 Å². The molecule has 0 aromatic heterocycles. The third kappa shape index (κ3) is 9.53. The molecule has 0 unspecified atom stereocenters. The van der Waals surface area contributed by atoms with Gasteiger partial charge in [-0.1, -0.05) is 24.3 Å². The average molecular weight is 260 g/mol. The van der Waals surface area contributed by atoms with Gasteiger partial charge >= 0.3 is 0 Å². The fraction of sp³-hybridized carbons (Fsp3) is 0.250. The van der Waals surface area contributed by atoms with Crippen molar-refractivity contribution in [1.29, 1.82) is 0 Å². The first-order valence-electron chi connectivity index (χ1n) is 6.19. The van der Waals surface area contributed by atoms with Crippen molar-refractivity contribution in [2.75, 3.05) is 26.2 Å². The van der Waals surface area contributed by atoms with E-state index in [0.29, 0.717) is 0 Å². The van der Waals surface area contributed by atoms with Crippen molar-refractivity contribution in [2.45, 2.75) is 0 Å². The van der Waals surface area contributed by atoms with Crippen LogP contribution in [0.15, 0.2) is 75.5 Å². The molecule has 0 aliphatic heterocycles. The Bertz CT molecular complexity index is 280. The first kappa shape index (κ1) is 16.8. The molecule has 0 aromatic rings. The van der Waals surface area contributed by atoms with Crippen molar-refractivity contribution in [3.8, 4) is 0 Å². The van der Waals surface area contributed by atoms with E-state index < -0.39 is 0 Å². The summed E-state index contributed by atoms with van der Waals surface area (Å²) in [6, 6.07) is 0. The highest BCUT2D eigenvalue weighted by Crippen LogP contribution is 1.94. The first-order chi connectivity index (χ1) is 9.28. The Morgan fingerprint density at radius 2 is 0.947 bits per heavy atom. The Labute approximate surface area is 117 Å². The van der Waals surface area contributed by atoms with E-state index in [-0.39, 0.29) is 0 Å². The Hall–Kier alpha value is -2.16. The van der Waals surface area contributed by atoms with Gasteiger partial charge in [0.1, 0.15) is 12.5 Å². The predicted octanol–water partition coefficient (Wildman–Crippen LogP) is 3.29. The van der Waals surface area contributed by atoms with Gasteiger partial charge in [-0.3, -0.25) is 0 Å². The summed E-state index contributed by atoms with van der Waals surface area (Å²) < 4.78 is 5.30. The fourth-order valence-electron chi connectivity index (χ4n) is 1.34. The Kier molecular flexibility index (Phi) is 10.9. The summed E-state index contributed by atoms with van der Waals surface area (Å²) in [6.07, 6.45) is 14.3. The van der Waals surface area contributed by atoms with Crippen LogP contribution < -0.4 is 0 Å². The summed E-state index contributed by atoms with van der Waals surface area (Å²) in [5.41, 5.74) is 0. The van der Waals surface area contributed by atoms with Crippen molar-refractivity contribution < 1.29 is 4.74 Å². The summed E-state index contributed by atoms with van der Waals surface area (Å²) in [6.45, 7) is 17.8. The van der Waals surface area contributed by atoms with Gasteiger partial charge in [0.15, 0.2) is 0 Å². The second kappa shape index (κ2) is 12.3. The molecule has 0 radical (unpaired) electrons. The van der Waals surface area contributed by atoms with Crippen LogP contribution in [0.2, 0.25) is 0 Å². The minimum absolute atomic E-state index is 0.759. The van der Waals surface area contributed by atoms with Crippen molar-refractivity contribution in [3.63, 3.8) is 0 Å². The number of rotatable bonds is 12. The number of hydrogen-bond donors (Lipinski definition) is 0. The highest BCUT2D eigenvalue weighted by Gasteiger charge is 1.92. The molecule has 0 aliphatic carbocycles. The largest absolute Gasteiger partial charge is 0.470 e. The van der Waals surface area contributed by atoms with Crippen LogP contribution in [0.4, 0.5) is 0 Å². The van der Waals surface area contributed by atoms with Crippen LogP contribution in [0, 0.1) is 0 Å². The number of hydrogen-bond acceptors (Lipinski definition) is 3. The van der Waals surface area contributed by atoms with E-state index >= 15 is 0 Å². The van der Waals surface area contributed by atoms with E-state index in [1.165, 1.54) is 0 Å². The van der Waals surface area contributed by atoms with Gasteiger partial charge in [-0.05, 0) is 0 Å². The van der Waals surface area contributed by atoms with Crippen LogP contribution in [0.3, 0.4) is 0 Å². The van der Waals surface area contributed by atoms with Crippen molar-refractivity contribution in [3.05, 3.63) is 75.5 Å². The maximum atomic E-state index is 5.30. The summed E-state index contributed by atoms with van der Waals surface area (Å²) in [4.78, 5) is 4.05. The molecule has 0 bridgehead atoms. The lowest BCUT2D eigenvalue weighted by Crippen LogP contribution is -2.17. The zero-order valence-corrected chi connectivity index (χ0v) is 11.6. The quantitative estimate of drug-likeness (QED) is 0.395. The lowest BCUT2D eigenvalue weighted by molar-refractivity contribution is 0.357. The Balaban J connectivity index is 4.14. The minimum Gasteiger partial charge on any atom is -0.470 e. The predicted molar refractivity (Wildman–Crippen MR) is 83.3 cm³/mol. The first-order valence-corrected chi connectivity index (χ1v) is 6.19. The maximum absolute atomic E-state index is 5.30. The summed E-state index contributed by atoms with van der Waals surface area (Å²) in [5, 5.41) is 0. The highest BCUT2D eigenvalue weighted by atomic mass is 16.5. The summed E-state index contributed by atoms with van der Waals surface area (Å²) in [5.74, 6) is 0. The molecule has 0 heterocycles. The zero-order chi connectivity index (χ0) is 14.3. The molecule has 3 nitrogen and oxygen atoms in total. The van der Waals surface area contributed by atoms with Gasteiger partial charge in [0.2, 0.25) is 0 Å². The van der Waals surface area contributed by atoms with Crippen molar-refractivity contribution in [1.82, 2.24) is 9.80 Å². The van der Waals surface area contributed by atoms with Gasteiger partial charge in [-0.15, -0.1) is 26.3 Å². The van der Waals surface area contributed by atoms with Gasteiger partial charge in [0.05, 0.1) is 0 Å². The molecule has 0 saturated carbocycles. The monoisotopic (exact) mass is 260 g/mol. The summed E-state index contributed by atoms with van der Waals surface area (Å²) in [7, 11) is 0. The third-order valence-electron chi connectivity index (χ3n) is 2.15. The number of ether oxygens (including phenoxy) is 1. The van der Waals surface area contributed by atoms with Crippen molar-refractivity contribution in [2.24, 2.45) is 0 Å². The lowest BCUT2D eigenvalue weighted by Gasteiger charge is -2.16. The van der Waals surface area contributed by atoms with Gasteiger partial charge in [-0.2, -0.15) is 0 Å². The van der Waals surface area contributed by atoms with Gasteiger partial charge in [0.25, 0.3) is 0 Å². The summed E-state index contributed by atoms with van der Waals surface area (Å²) >= 11 is 0. The van der Waals surface area contributed by atoms with Gasteiger partial charge in [0, 0.05) is 38.6 Å². The number of nitrogens with zero attached hydrogens (tertiary/aromatic N) is 2. The zero-order valence-electron chi connectivity index (χ0n) is 11.6. The molecular formula is C16H24N2O. The van der Waals surface area contributed by atoms with E-state index in [1.54, 1.807) is 12.5 Å². The topological polar surface area (TPSA) is 15.7 Å². The van der Waals surface area contributed by atoms with Gasteiger partial charge in [-0.25, -0.2) is 0 Å². The highest BCUT2D eigenvalue weighted by molar-refractivity contribution is 4.90. The molecule has 0 amide bonds. The van der Waals surface area contributed by atoms with E-state index in [0.717, 1.165) is 26.2 Å². The lowest BCUT2D eigenvalue weighted by atomic mass is 10.5. The molecule has 19 heavy (non-hydrogen) atoms. The standard InChI is InChI=1S/C16H24N2O/c1-5-9-17(10-6-2)13-15-19-16-14-18(11-7-3)12-8-4/h5-8,13-16H,1-4,9-12H2. The van der Waals surface area contributed by atoms with Crippen molar-refractivity contribution >= 4 is 0 Å². The molecular weight excluding hydrogens is 236 g/mol. The van der Waals surface area contributed by atoms with Gasteiger partial charge < -0.3 is 14.5 Å². The van der Waals surface area contributed by atoms with Crippen LogP contribution in [-0.2, 0) is 4.74 Å². The van der Waals surface area contributed by atoms with Crippen LogP contribution in [-0.4, -0.2) is 36.0 Å². The van der Waals surface area contributed by atoms with Crippen LogP contribution >= 0.6 is 0 Å². The Morgan fingerprint density at radius 3 is 1.21 bits per heavy atom. The molecule has 0 aromatic carbocycles. The molecule has 0 spiro atoms. The second-order valence-corrected chi connectivity index (χ2v) is 3.77. The SMILES string of the molecule is C=CCN(C=COC=CN(CC=C)CC=C)CC=C. The van der Waals surface area contributed by atoms with E-state index in [9.17, 15) is 0 Å².